The highest BCUT2D eigenvalue weighted by atomic mass is 16.5. The van der Waals surface area contributed by atoms with Crippen LogP contribution in [0.3, 0.4) is 0 Å². The summed E-state index contributed by atoms with van der Waals surface area (Å²) in [7, 11) is 0. The number of para-hydroxylation sites is 1. The van der Waals surface area contributed by atoms with Gasteiger partial charge in [0.15, 0.2) is 0 Å². The highest BCUT2D eigenvalue weighted by molar-refractivity contribution is 6.04. The molecule has 0 bridgehead atoms. The van der Waals surface area contributed by atoms with Crippen molar-refractivity contribution in [3.8, 4) is 6.07 Å². The van der Waals surface area contributed by atoms with Gasteiger partial charge in [0.2, 0.25) is 0 Å². The lowest BCUT2D eigenvalue weighted by molar-refractivity contribution is 0.0941. The first-order valence-corrected chi connectivity index (χ1v) is 7.84. The number of hydrogen-bond donors (Lipinski definition) is 2. The molecule has 1 aliphatic rings. The molecule has 2 aromatic rings. The zero-order chi connectivity index (χ0) is 17.8. The molecule has 8 nitrogen and oxygen atoms in total. The van der Waals surface area contributed by atoms with Crippen molar-refractivity contribution in [2.45, 2.75) is 25.5 Å². The van der Waals surface area contributed by atoms with E-state index in [9.17, 15) is 14.4 Å². The van der Waals surface area contributed by atoms with Crippen LogP contribution in [0.15, 0.2) is 40.1 Å². The molecular weight excluding hydrogens is 324 g/mol. The molecule has 1 fully saturated rings. The molecule has 0 saturated carbocycles. The third kappa shape index (κ3) is 3.51. The number of hydrogen-bond acceptors (Lipinski definition) is 5. The first-order chi connectivity index (χ1) is 12.1. The molecule has 0 aliphatic carbocycles. The number of nitrogens with one attached hydrogen (secondary N) is 2. The Kier molecular flexibility index (Phi) is 4.77. The molecule has 1 aromatic carbocycles. The molecule has 128 valence electrons. The molecule has 0 spiro atoms. The first kappa shape index (κ1) is 16.7. The van der Waals surface area contributed by atoms with E-state index >= 15 is 0 Å². The van der Waals surface area contributed by atoms with Crippen molar-refractivity contribution in [2.24, 2.45) is 0 Å². The lowest BCUT2D eigenvalue weighted by atomic mass is 10.2. The Bertz CT molecular complexity index is 948. The molecule has 1 atom stereocenters. The van der Waals surface area contributed by atoms with Crippen LogP contribution in [0.25, 0.3) is 0 Å². The summed E-state index contributed by atoms with van der Waals surface area (Å²) < 4.78 is 6.42. The van der Waals surface area contributed by atoms with Crippen LogP contribution in [0.5, 0.6) is 0 Å². The third-order valence-electron chi connectivity index (χ3n) is 4.01. The van der Waals surface area contributed by atoms with E-state index in [2.05, 4.69) is 10.3 Å². The van der Waals surface area contributed by atoms with Crippen LogP contribution in [0, 0.1) is 11.3 Å². The number of rotatable bonds is 4. The number of aromatic nitrogens is 2. The second kappa shape index (κ2) is 7.15. The van der Waals surface area contributed by atoms with Crippen LogP contribution < -0.4 is 16.6 Å². The van der Waals surface area contributed by atoms with Gasteiger partial charge in [-0.05, 0) is 25.0 Å². The molecular formula is C17H16N4O4. The minimum absolute atomic E-state index is 0.101. The predicted octanol–water partition coefficient (Wildman–Crippen LogP) is 0.840. The average molecular weight is 340 g/mol. The molecule has 2 heterocycles. The third-order valence-corrected chi connectivity index (χ3v) is 4.01. The van der Waals surface area contributed by atoms with E-state index < -0.39 is 17.2 Å². The summed E-state index contributed by atoms with van der Waals surface area (Å²) in [5.74, 6) is -0.690. The summed E-state index contributed by atoms with van der Waals surface area (Å²) in [6, 6.07) is 8.41. The smallest absolute Gasteiger partial charge is 0.328 e. The van der Waals surface area contributed by atoms with Gasteiger partial charge in [-0.1, -0.05) is 12.1 Å². The van der Waals surface area contributed by atoms with Crippen molar-refractivity contribution < 1.29 is 9.53 Å². The SMILES string of the molecule is N#Cc1ccccc1NC(=O)c1c[nH]c(=O)n(CC2CCCO2)c1=O. The Hall–Kier alpha value is -3.18. The zero-order valence-electron chi connectivity index (χ0n) is 13.3. The van der Waals surface area contributed by atoms with Gasteiger partial charge in [-0.3, -0.25) is 14.2 Å². The van der Waals surface area contributed by atoms with E-state index in [4.69, 9.17) is 10.00 Å². The maximum absolute atomic E-state index is 12.5. The molecule has 1 aromatic heterocycles. The van der Waals surface area contributed by atoms with Gasteiger partial charge in [0, 0.05) is 12.8 Å². The largest absolute Gasteiger partial charge is 0.376 e. The van der Waals surface area contributed by atoms with Crippen molar-refractivity contribution in [1.82, 2.24) is 9.55 Å². The number of carbonyl (C=O) groups is 1. The Morgan fingerprint density at radius 3 is 2.92 bits per heavy atom. The quantitative estimate of drug-likeness (QED) is 0.855. The normalized spacial score (nSPS) is 16.4. The van der Waals surface area contributed by atoms with Crippen molar-refractivity contribution in [3.63, 3.8) is 0 Å². The predicted molar refractivity (Wildman–Crippen MR) is 89.4 cm³/mol. The van der Waals surface area contributed by atoms with Crippen LogP contribution >= 0.6 is 0 Å². The second-order valence-electron chi connectivity index (χ2n) is 5.67. The van der Waals surface area contributed by atoms with E-state index in [0.29, 0.717) is 12.3 Å². The minimum atomic E-state index is -0.690. The Morgan fingerprint density at radius 1 is 1.40 bits per heavy atom. The molecule has 25 heavy (non-hydrogen) atoms. The summed E-state index contributed by atoms with van der Waals surface area (Å²) in [4.78, 5) is 39.3. The van der Waals surface area contributed by atoms with Crippen molar-refractivity contribution in [1.29, 1.82) is 5.26 Å². The topological polar surface area (TPSA) is 117 Å². The number of amides is 1. The summed E-state index contributed by atoms with van der Waals surface area (Å²) in [5, 5.41) is 11.6. The molecule has 3 rings (SSSR count). The Morgan fingerprint density at radius 2 is 2.20 bits per heavy atom. The summed E-state index contributed by atoms with van der Waals surface area (Å²) in [6.45, 7) is 0.701. The average Bonchev–Trinajstić information content (AvgIpc) is 3.12. The Labute approximate surface area is 142 Å². The number of carbonyl (C=O) groups excluding carboxylic acids is 1. The van der Waals surface area contributed by atoms with Crippen LogP contribution in [-0.4, -0.2) is 28.2 Å². The maximum atomic E-state index is 12.5. The molecule has 8 heteroatoms. The lowest BCUT2D eigenvalue weighted by Crippen LogP contribution is -2.41. The zero-order valence-corrected chi connectivity index (χ0v) is 13.3. The highest BCUT2D eigenvalue weighted by Crippen LogP contribution is 2.14. The fraction of sp³-hybridized carbons (Fsp3) is 0.294. The van der Waals surface area contributed by atoms with E-state index in [1.807, 2.05) is 6.07 Å². The number of aromatic amines is 1. The number of nitriles is 1. The van der Waals surface area contributed by atoms with E-state index in [1.165, 1.54) is 0 Å². The van der Waals surface area contributed by atoms with E-state index in [0.717, 1.165) is 23.6 Å². The minimum Gasteiger partial charge on any atom is -0.376 e. The highest BCUT2D eigenvalue weighted by Gasteiger charge is 2.21. The number of anilines is 1. The van der Waals surface area contributed by atoms with Crippen LogP contribution in [0.2, 0.25) is 0 Å². The van der Waals surface area contributed by atoms with Gasteiger partial charge in [-0.25, -0.2) is 4.79 Å². The fourth-order valence-corrected chi connectivity index (χ4v) is 2.71. The van der Waals surface area contributed by atoms with Gasteiger partial charge in [-0.15, -0.1) is 0 Å². The van der Waals surface area contributed by atoms with Crippen molar-refractivity contribution in [2.75, 3.05) is 11.9 Å². The maximum Gasteiger partial charge on any atom is 0.328 e. The van der Waals surface area contributed by atoms with Gasteiger partial charge in [0.1, 0.15) is 11.6 Å². The summed E-state index contributed by atoms with van der Waals surface area (Å²) in [6.07, 6.45) is 2.51. The molecule has 1 unspecified atom stereocenters. The molecule has 1 amide bonds. The molecule has 1 aliphatic heterocycles. The standard InChI is InChI=1S/C17H16N4O4/c18-8-11-4-1-2-6-14(11)20-15(22)13-9-19-17(24)21(16(13)23)10-12-5-3-7-25-12/h1-2,4,6,9,12H,3,5,7,10H2,(H,19,24)(H,20,22). The van der Waals surface area contributed by atoms with Crippen molar-refractivity contribution >= 4 is 11.6 Å². The monoisotopic (exact) mass is 340 g/mol. The summed E-state index contributed by atoms with van der Waals surface area (Å²) >= 11 is 0. The number of H-pyrrole nitrogens is 1. The van der Waals surface area contributed by atoms with Crippen LogP contribution in [0.4, 0.5) is 5.69 Å². The van der Waals surface area contributed by atoms with E-state index in [-0.39, 0.29) is 23.8 Å². The van der Waals surface area contributed by atoms with Gasteiger partial charge in [0.25, 0.3) is 11.5 Å². The van der Waals surface area contributed by atoms with Gasteiger partial charge >= 0.3 is 5.69 Å². The van der Waals surface area contributed by atoms with Gasteiger partial charge in [-0.2, -0.15) is 5.26 Å². The fourth-order valence-electron chi connectivity index (χ4n) is 2.71. The second-order valence-corrected chi connectivity index (χ2v) is 5.67. The Balaban J connectivity index is 1.89. The molecule has 2 N–H and O–H groups in total. The molecule has 1 saturated heterocycles. The molecule has 0 radical (unpaired) electrons. The number of ether oxygens (including phenoxy) is 1. The van der Waals surface area contributed by atoms with Crippen LogP contribution in [0.1, 0.15) is 28.8 Å². The first-order valence-electron chi connectivity index (χ1n) is 7.84. The summed E-state index contributed by atoms with van der Waals surface area (Å²) in [5.41, 5.74) is -0.905. The van der Waals surface area contributed by atoms with Crippen LogP contribution in [-0.2, 0) is 11.3 Å². The lowest BCUT2D eigenvalue weighted by Gasteiger charge is -2.12. The number of benzene rings is 1. The van der Waals surface area contributed by atoms with E-state index in [1.54, 1.807) is 24.3 Å². The van der Waals surface area contributed by atoms with Gasteiger partial charge < -0.3 is 15.0 Å². The van der Waals surface area contributed by atoms with Gasteiger partial charge in [0.05, 0.1) is 23.9 Å². The number of nitrogens with zero attached hydrogens (tertiary/aromatic N) is 2. The van der Waals surface area contributed by atoms with Crippen molar-refractivity contribution in [3.05, 3.63) is 62.4 Å².